The molecule has 0 bridgehead atoms. The fraction of sp³-hybridized carbons (Fsp3) is 0.353. The minimum atomic E-state index is -4.42. The van der Waals surface area contributed by atoms with Gasteiger partial charge in [-0.25, -0.2) is 15.0 Å². The summed E-state index contributed by atoms with van der Waals surface area (Å²) in [7, 11) is -4.42. The monoisotopic (exact) mass is 616 g/mol. The number of unbranched alkanes of at least 4 members (excludes halogenated alkanes) is 2. The van der Waals surface area contributed by atoms with E-state index >= 15 is 0 Å². The molecule has 0 fully saturated rings. The van der Waals surface area contributed by atoms with Crippen molar-refractivity contribution in [3.8, 4) is 0 Å². The second-order valence-corrected chi connectivity index (χ2v) is 12.8. The van der Waals surface area contributed by atoms with Crippen LogP contribution in [0.15, 0.2) is 77.7 Å². The summed E-state index contributed by atoms with van der Waals surface area (Å²) in [5, 5.41) is 5.54. The number of nitrogens with one attached hydrogen (secondary N) is 2. The highest BCUT2D eigenvalue weighted by Crippen LogP contribution is 2.24. The summed E-state index contributed by atoms with van der Waals surface area (Å²) in [5.41, 5.74) is 4.18. The van der Waals surface area contributed by atoms with E-state index in [1.54, 1.807) is 6.92 Å². The van der Waals surface area contributed by atoms with Gasteiger partial charge in [0, 0.05) is 11.5 Å². The van der Waals surface area contributed by atoms with Crippen LogP contribution in [-0.4, -0.2) is 43.7 Å². The largest absolute Gasteiger partial charge is 0.347 e. The number of sulfonamides is 1. The smallest absolute Gasteiger partial charge is 0.304 e. The van der Waals surface area contributed by atoms with Gasteiger partial charge < -0.3 is 10.6 Å². The number of carbonyl (C=O) groups excluding carboxylic acids is 3. The second kappa shape index (κ2) is 15.8. The molecular weight excluding hydrogens is 576 g/mol. The minimum absolute atomic E-state index is 0.223. The standard InChI is InChI=1S/C34H40N4O5S/c1-6-7-8-9-26(4)33(40)36-22-31(39)38(23-35-5)44(42,43)30-20-18-29(19-21-30)34(41)37-32(27-14-10-24(2)11-15-27)28-16-12-25(3)13-17-28/h10-21,26,32H,6-9,22-23H2,1-4H3,(H,36,40)(H,37,41)/t26-/m0/s1. The summed E-state index contributed by atoms with van der Waals surface area (Å²) in [5.74, 6) is -2.00. The Morgan fingerprint density at radius 3 is 1.91 bits per heavy atom. The molecule has 0 aliphatic heterocycles. The van der Waals surface area contributed by atoms with E-state index in [1.807, 2.05) is 62.4 Å². The molecule has 0 saturated heterocycles. The van der Waals surface area contributed by atoms with Crippen molar-refractivity contribution in [1.29, 1.82) is 0 Å². The van der Waals surface area contributed by atoms with Crippen LogP contribution >= 0.6 is 0 Å². The Hall–Kier alpha value is -4.49. The fourth-order valence-corrected chi connectivity index (χ4v) is 5.88. The zero-order valence-corrected chi connectivity index (χ0v) is 26.5. The van der Waals surface area contributed by atoms with Gasteiger partial charge in [-0.05, 0) is 55.7 Å². The van der Waals surface area contributed by atoms with Gasteiger partial charge in [-0.2, -0.15) is 4.31 Å². The molecule has 3 rings (SSSR count). The first-order valence-corrected chi connectivity index (χ1v) is 16.1. The molecule has 3 amide bonds. The van der Waals surface area contributed by atoms with Crippen molar-refractivity contribution in [3.05, 3.63) is 112 Å². The van der Waals surface area contributed by atoms with Gasteiger partial charge in [-0.15, -0.1) is 0 Å². The van der Waals surface area contributed by atoms with Crippen molar-refractivity contribution in [1.82, 2.24) is 14.9 Å². The molecule has 1 atom stereocenters. The van der Waals surface area contributed by atoms with Crippen molar-refractivity contribution in [2.24, 2.45) is 5.92 Å². The van der Waals surface area contributed by atoms with Crippen LogP contribution in [0, 0.1) is 26.3 Å². The summed E-state index contributed by atoms with van der Waals surface area (Å²) >= 11 is 0. The molecule has 0 aliphatic carbocycles. The average Bonchev–Trinajstić information content (AvgIpc) is 3.02. The van der Waals surface area contributed by atoms with E-state index in [0.717, 1.165) is 41.5 Å². The maximum Gasteiger partial charge on any atom is 0.304 e. The molecule has 10 heteroatoms. The summed E-state index contributed by atoms with van der Waals surface area (Å²) in [6, 6.07) is 20.4. The normalized spacial score (nSPS) is 11.8. The number of carbonyl (C=O) groups is 3. The van der Waals surface area contributed by atoms with Crippen LogP contribution in [0.2, 0.25) is 0 Å². The molecule has 0 aliphatic rings. The van der Waals surface area contributed by atoms with Gasteiger partial charge in [0.25, 0.3) is 21.8 Å². The first kappa shape index (κ1) is 34.0. The number of hydrogen-bond acceptors (Lipinski definition) is 5. The van der Waals surface area contributed by atoms with E-state index < -0.39 is 41.1 Å². The van der Waals surface area contributed by atoms with Crippen LogP contribution in [0.4, 0.5) is 0 Å². The number of hydrogen-bond donors (Lipinski definition) is 2. The lowest BCUT2D eigenvalue weighted by Crippen LogP contribution is -2.44. The van der Waals surface area contributed by atoms with E-state index in [1.165, 1.54) is 24.3 Å². The van der Waals surface area contributed by atoms with Gasteiger partial charge in [0.2, 0.25) is 5.91 Å². The van der Waals surface area contributed by atoms with E-state index in [2.05, 4.69) is 22.4 Å². The minimum Gasteiger partial charge on any atom is -0.347 e. The van der Waals surface area contributed by atoms with Crippen molar-refractivity contribution in [2.75, 3.05) is 13.2 Å². The number of nitrogens with zero attached hydrogens (tertiary/aromatic N) is 2. The Balaban J connectivity index is 1.75. The van der Waals surface area contributed by atoms with Crippen LogP contribution in [-0.2, 0) is 19.6 Å². The highest BCUT2D eigenvalue weighted by molar-refractivity contribution is 7.89. The lowest BCUT2D eigenvalue weighted by Gasteiger charge is -2.21. The summed E-state index contributed by atoms with van der Waals surface area (Å²) < 4.78 is 27.1. The van der Waals surface area contributed by atoms with Crippen molar-refractivity contribution in [2.45, 2.75) is 64.3 Å². The van der Waals surface area contributed by atoms with Gasteiger partial charge >= 0.3 is 6.67 Å². The molecule has 2 N–H and O–H groups in total. The fourth-order valence-electron chi connectivity index (χ4n) is 4.61. The molecule has 0 saturated carbocycles. The van der Waals surface area contributed by atoms with Gasteiger partial charge in [0.05, 0.1) is 17.5 Å². The summed E-state index contributed by atoms with van der Waals surface area (Å²) in [4.78, 5) is 41.5. The van der Waals surface area contributed by atoms with Crippen LogP contribution in [0.3, 0.4) is 0 Å². The Morgan fingerprint density at radius 1 is 0.864 bits per heavy atom. The van der Waals surface area contributed by atoms with Crippen molar-refractivity contribution >= 4 is 27.7 Å². The molecule has 0 aromatic heterocycles. The Labute approximate surface area is 260 Å². The van der Waals surface area contributed by atoms with E-state index in [-0.39, 0.29) is 22.3 Å². The number of amides is 3. The van der Waals surface area contributed by atoms with Gasteiger partial charge in [0.15, 0.2) is 0 Å². The van der Waals surface area contributed by atoms with Crippen molar-refractivity contribution in [3.63, 3.8) is 0 Å². The molecule has 232 valence electrons. The number of aryl methyl sites for hydroxylation is 2. The van der Waals surface area contributed by atoms with Crippen LogP contribution in [0.25, 0.3) is 4.85 Å². The second-order valence-electron chi connectivity index (χ2n) is 10.9. The van der Waals surface area contributed by atoms with E-state index in [0.29, 0.717) is 10.7 Å². The van der Waals surface area contributed by atoms with E-state index in [9.17, 15) is 22.8 Å². The zero-order valence-electron chi connectivity index (χ0n) is 25.7. The topological polar surface area (TPSA) is 117 Å². The molecule has 0 spiro atoms. The number of rotatable bonds is 14. The zero-order chi connectivity index (χ0) is 32.3. The van der Waals surface area contributed by atoms with Gasteiger partial charge in [-0.3, -0.25) is 19.2 Å². The lowest BCUT2D eigenvalue weighted by atomic mass is 9.96. The highest BCUT2D eigenvalue weighted by Gasteiger charge is 2.32. The van der Waals surface area contributed by atoms with Gasteiger partial charge in [0.1, 0.15) is 0 Å². The predicted octanol–water partition coefficient (Wildman–Crippen LogP) is 5.55. The molecule has 44 heavy (non-hydrogen) atoms. The van der Waals surface area contributed by atoms with Crippen LogP contribution in [0.1, 0.15) is 78.2 Å². The Bertz CT molecular complexity index is 1530. The molecule has 3 aromatic carbocycles. The van der Waals surface area contributed by atoms with Crippen molar-refractivity contribution < 1.29 is 22.8 Å². The first-order chi connectivity index (χ1) is 21.0. The average molecular weight is 617 g/mol. The highest BCUT2D eigenvalue weighted by atomic mass is 32.2. The third-order valence-electron chi connectivity index (χ3n) is 7.38. The number of benzene rings is 3. The van der Waals surface area contributed by atoms with E-state index in [4.69, 9.17) is 6.57 Å². The maximum absolute atomic E-state index is 13.3. The van der Waals surface area contributed by atoms with Gasteiger partial charge in [-0.1, -0.05) is 92.8 Å². The molecule has 3 aromatic rings. The summed E-state index contributed by atoms with van der Waals surface area (Å²) in [6.45, 7) is 13.7. The molecule has 0 unspecified atom stereocenters. The quantitative estimate of drug-likeness (QED) is 0.182. The third kappa shape index (κ3) is 9.01. The third-order valence-corrected chi connectivity index (χ3v) is 9.15. The molecule has 0 heterocycles. The van der Waals surface area contributed by atoms with Crippen LogP contribution < -0.4 is 10.6 Å². The Kier molecular flexibility index (Phi) is 12.2. The Morgan fingerprint density at radius 2 is 1.41 bits per heavy atom. The SMILES string of the molecule is [C-]#[N+]CN(C(=O)CNC(=O)[C@@H](C)CCCCC)S(=O)(=O)c1ccc(C(=O)NC(c2ccc(C)cc2)c2ccc(C)cc2)cc1. The lowest BCUT2D eigenvalue weighted by molar-refractivity contribution is -0.130. The molecule has 0 radical (unpaired) electrons. The molecular formula is C34H40N4O5S. The molecule has 9 nitrogen and oxygen atoms in total. The first-order valence-electron chi connectivity index (χ1n) is 14.7. The van der Waals surface area contributed by atoms with Crippen LogP contribution in [0.5, 0.6) is 0 Å². The predicted molar refractivity (Wildman–Crippen MR) is 170 cm³/mol. The maximum atomic E-state index is 13.3. The summed E-state index contributed by atoms with van der Waals surface area (Å²) in [6.07, 6.45) is 3.55.